The van der Waals surface area contributed by atoms with E-state index >= 15 is 0 Å². The van der Waals surface area contributed by atoms with E-state index in [1.54, 1.807) is 25.6 Å². The standard InChI is InChI=1S/C19H23NO3S/c1-11-8-15(22-3)16(23-4)10-14(11)12(2)20-19(21)18-9-13-6-5-7-17(13)24-18/h8-10,12H,5-7H2,1-4H3,(H,20,21). The number of carbonyl (C=O) groups excluding carboxylic acids is 1. The molecule has 1 N–H and O–H groups in total. The maximum atomic E-state index is 12.6. The molecule has 5 heteroatoms. The summed E-state index contributed by atoms with van der Waals surface area (Å²) >= 11 is 1.63. The quantitative estimate of drug-likeness (QED) is 0.889. The average Bonchev–Trinajstić information content (AvgIpc) is 3.15. The molecule has 128 valence electrons. The lowest BCUT2D eigenvalue weighted by atomic mass is 10.0. The van der Waals surface area contributed by atoms with Crippen LogP contribution in [0, 0.1) is 6.92 Å². The molecule has 4 nitrogen and oxygen atoms in total. The largest absolute Gasteiger partial charge is 0.493 e. The third-order valence-corrected chi connectivity index (χ3v) is 5.79. The topological polar surface area (TPSA) is 47.6 Å². The highest BCUT2D eigenvalue weighted by Crippen LogP contribution is 2.34. The number of hydrogen-bond acceptors (Lipinski definition) is 4. The summed E-state index contributed by atoms with van der Waals surface area (Å²) in [6.07, 6.45) is 3.42. The molecular formula is C19H23NO3S. The third kappa shape index (κ3) is 3.13. The highest BCUT2D eigenvalue weighted by atomic mass is 32.1. The molecule has 3 rings (SSSR count). The van der Waals surface area contributed by atoms with Gasteiger partial charge in [-0.1, -0.05) is 0 Å². The van der Waals surface area contributed by atoms with E-state index in [9.17, 15) is 4.79 Å². The molecule has 2 aromatic rings. The van der Waals surface area contributed by atoms with Gasteiger partial charge < -0.3 is 14.8 Å². The Morgan fingerprint density at radius 3 is 2.54 bits per heavy atom. The Morgan fingerprint density at radius 2 is 1.88 bits per heavy atom. The number of thiophene rings is 1. The van der Waals surface area contributed by atoms with Crippen molar-refractivity contribution in [1.29, 1.82) is 0 Å². The number of hydrogen-bond donors (Lipinski definition) is 1. The van der Waals surface area contributed by atoms with Crippen LogP contribution in [0.4, 0.5) is 0 Å². The molecule has 0 bridgehead atoms. The Balaban J connectivity index is 1.78. The zero-order chi connectivity index (χ0) is 17.3. The lowest BCUT2D eigenvalue weighted by molar-refractivity contribution is 0.0944. The van der Waals surface area contributed by atoms with Crippen LogP contribution in [0.15, 0.2) is 18.2 Å². The van der Waals surface area contributed by atoms with Gasteiger partial charge in [-0.05, 0) is 68.0 Å². The fourth-order valence-corrected chi connectivity index (χ4v) is 4.41. The van der Waals surface area contributed by atoms with Crippen molar-refractivity contribution < 1.29 is 14.3 Å². The molecule has 24 heavy (non-hydrogen) atoms. The summed E-state index contributed by atoms with van der Waals surface area (Å²) in [5.41, 5.74) is 3.44. The molecule has 0 saturated carbocycles. The number of amides is 1. The second-order valence-corrected chi connectivity index (χ2v) is 7.31. The van der Waals surface area contributed by atoms with Gasteiger partial charge in [-0.3, -0.25) is 4.79 Å². The Hall–Kier alpha value is -2.01. The van der Waals surface area contributed by atoms with Crippen molar-refractivity contribution in [1.82, 2.24) is 5.32 Å². The molecule has 0 aliphatic heterocycles. The molecule has 1 aliphatic rings. The summed E-state index contributed by atoms with van der Waals surface area (Å²) < 4.78 is 10.7. The summed E-state index contributed by atoms with van der Waals surface area (Å²) in [5.74, 6) is 1.37. The van der Waals surface area contributed by atoms with Crippen LogP contribution < -0.4 is 14.8 Å². The van der Waals surface area contributed by atoms with Gasteiger partial charge in [0, 0.05) is 4.88 Å². The fourth-order valence-electron chi connectivity index (χ4n) is 3.25. The van der Waals surface area contributed by atoms with E-state index < -0.39 is 0 Å². The van der Waals surface area contributed by atoms with Gasteiger partial charge in [-0.15, -0.1) is 11.3 Å². The molecule has 0 radical (unpaired) electrons. The summed E-state index contributed by atoms with van der Waals surface area (Å²) in [4.78, 5) is 14.7. The molecule has 1 amide bonds. The van der Waals surface area contributed by atoms with Crippen molar-refractivity contribution in [2.75, 3.05) is 14.2 Å². The van der Waals surface area contributed by atoms with E-state index in [1.165, 1.54) is 16.9 Å². The minimum absolute atomic E-state index is 0.00363. The van der Waals surface area contributed by atoms with E-state index in [0.717, 1.165) is 28.8 Å². The number of ether oxygens (including phenoxy) is 2. The Kier molecular flexibility index (Phi) is 4.81. The van der Waals surface area contributed by atoms with Crippen molar-refractivity contribution in [3.05, 3.63) is 44.6 Å². The summed E-state index contributed by atoms with van der Waals surface area (Å²) in [6, 6.07) is 5.83. The van der Waals surface area contributed by atoms with E-state index in [4.69, 9.17) is 9.47 Å². The molecule has 1 aromatic carbocycles. The third-order valence-electron chi connectivity index (χ3n) is 4.56. The van der Waals surface area contributed by atoms with Gasteiger partial charge in [-0.2, -0.15) is 0 Å². The zero-order valence-corrected chi connectivity index (χ0v) is 15.4. The van der Waals surface area contributed by atoms with Gasteiger partial charge >= 0.3 is 0 Å². The van der Waals surface area contributed by atoms with Gasteiger partial charge in [0.25, 0.3) is 5.91 Å². The van der Waals surface area contributed by atoms with Crippen LogP contribution in [0.2, 0.25) is 0 Å². The lowest BCUT2D eigenvalue weighted by Gasteiger charge is -2.19. The normalized spacial score (nSPS) is 14.2. The maximum Gasteiger partial charge on any atom is 0.261 e. The predicted molar refractivity (Wildman–Crippen MR) is 96.5 cm³/mol. The number of nitrogens with one attached hydrogen (secondary N) is 1. The number of benzene rings is 1. The van der Waals surface area contributed by atoms with Crippen molar-refractivity contribution in [2.45, 2.75) is 39.2 Å². The van der Waals surface area contributed by atoms with Crippen molar-refractivity contribution in [3.63, 3.8) is 0 Å². The van der Waals surface area contributed by atoms with Crippen LogP contribution in [0.5, 0.6) is 11.5 Å². The number of methoxy groups -OCH3 is 2. The summed E-state index contributed by atoms with van der Waals surface area (Å²) in [5, 5.41) is 3.11. The first-order valence-corrected chi connectivity index (χ1v) is 9.00. The first-order valence-electron chi connectivity index (χ1n) is 8.18. The minimum atomic E-state index is -0.103. The average molecular weight is 345 g/mol. The molecular weight excluding hydrogens is 322 g/mol. The van der Waals surface area contributed by atoms with E-state index in [0.29, 0.717) is 11.5 Å². The second-order valence-electron chi connectivity index (χ2n) is 6.17. The van der Waals surface area contributed by atoms with Crippen LogP contribution in [0.1, 0.15) is 50.6 Å². The molecule has 0 fully saturated rings. The number of aryl methyl sites for hydroxylation is 3. The molecule has 1 aliphatic carbocycles. The molecule has 1 atom stereocenters. The van der Waals surface area contributed by atoms with Gasteiger partial charge in [-0.25, -0.2) is 0 Å². The highest BCUT2D eigenvalue weighted by Gasteiger charge is 2.21. The number of fused-ring (bicyclic) bond motifs is 1. The highest BCUT2D eigenvalue weighted by molar-refractivity contribution is 7.14. The second kappa shape index (κ2) is 6.85. The van der Waals surface area contributed by atoms with Crippen LogP contribution in [0.25, 0.3) is 0 Å². The first kappa shape index (κ1) is 16.8. The van der Waals surface area contributed by atoms with E-state index in [1.807, 2.05) is 26.0 Å². The molecule has 1 aromatic heterocycles. The Labute approximate surface area is 146 Å². The van der Waals surface area contributed by atoms with E-state index in [-0.39, 0.29) is 11.9 Å². The SMILES string of the molecule is COc1cc(C)c(C(C)NC(=O)c2cc3c(s2)CCC3)cc1OC. The molecule has 0 saturated heterocycles. The van der Waals surface area contributed by atoms with Crippen LogP contribution >= 0.6 is 11.3 Å². The van der Waals surface area contributed by atoms with Gasteiger partial charge in [0.15, 0.2) is 11.5 Å². The lowest BCUT2D eigenvalue weighted by Crippen LogP contribution is -2.26. The number of carbonyl (C=O) groups is 1. The summed E-state index contributed by atoms with van der Waals surface area (Å²) in [7, 11) is 3.24. The first-order chi connectivity index (χ1) is 11.5. The van der Waals surface area contributed by atoms with Gasteiger partial charge in [0.1, 0.15) is 0 Å². The zero-order valence-electron chi connectivity index (χ0n) is 14.6. The number of rotatable bonds is 5. The van der Waals surface area contributed by atoms with E-state index in [2.05, 4.69) is 11.4 Å². The van der Waals surface area contributed by atoms with Crippen molar-refractivity contribution in [2.24, 2.45) is 0 Å². The van der Waals surface area contributed by atoms with Crippen LogP contribution in [-0.4, -0.2) is 20.1 Å². The fraction of sp³-hybridized carbons (Fsp3) is 0.421. The van der Waals surface area contributed by atoms with Gasteiger partial charge in [0.2, 0.25) is 0 Å². The summed E-state index contributed by atoms with van der Waals surface area (Å²) in [6.45, 7) is 4.01. The predicted octanol–water partition coefficient (Wildman–Crippen LogP) is 4.05. The van der Waals surface area contributed by atoms with Crippen LogP contribution in [-0.2, 0) is 12.8 Å². The van der Waals surface area contributed by atoms with Gasteiger partial charge in [0.05, 0.1) is 25.1 Å². The molecule has 0 spiro atoms. The van der Waals surface area contributed by atoms with Crippen molar-refractivity contribution >= 4 is 17.2 Å². The Bertz CT molecular complexity index is 745. The monoisotopic (exact) mass is 345 g/mol. The maximum absolute atomic E-state index is 12.6. The minimum Gasteiger partial charge on any atom is -0.493 e. The smallest absolute Gasteiger partial charge is 0.261 e. The molecule has 1 unspecified atom stereocenters. The molecule has 1 heterocycles. The Morgan fingerprint density at radius 1 is 1.17 bits per heavy atom. The van der Waals surface area contributed by atoms with Crippen molar-refractivity contribution in [3.8, 4) is 11.5 Å². The van der Waals surface area contributed by atoms with Crippen LogP contribution in [0.3, 0.4) is 0 Å².